The number of benzene rings is 1. The number of rotatable bonds is 4. The number of aromatic nitrogens is 3. The zero-order chi connectivity index (χ0) is 18.8. The summed E-state index contributed by atoms with van der Waals surface area (Å²) in [6.45, 7) is 1.90. The molecule has 0 radical (unpaired) electrons. The van der Waals surface area contributed by atoms with Crippen molar-refractivity contribution in [3.05, 3.63) is 70.5 Å². The van der Waals surface area contributed by atoms with Crippen LogP contribution in [0.15, 0.2) is 54.0 Å². The number of nitrogens with one attached hydrogen (secondary N) is 1. The molecule has 0 bridgehead atoms. The normalized spacial score (nSPS) is 10.7. The van der Waals surface area contributed by atoms with E-state index in [1.807, 2.05) is 37.3 Å². The van der Waals surface area contributed by atoms with Crippen molar-refractivity contribution < 1.29 is 4.79 Å². The molecule has 4 aromatic rings. The molecule has 0 saturated carbocycles. The van der Waals surface area contributed by atoms with E-state index in [0.29, 0.717) is 15.8 Å². The van der Waals surface area contributed by atoms with Gasteiger partial charge in [0.15, 0.2) is 5.13 Å². The molecular formula is C19H13ClN4OS2. The van der Waals surface area contributed by atoms with Crippen LogP contribution in [0.25, 0.3) is 21.1 Å². The SMILES string of the molecule is Cc1nc(NC(=O)c2csc(-c3ccc(Cl)cc3)n2)sc1-c1ccccn1. The Labute approximate surface area is 168 Å². The van der Waals surface area contributed by atoms with Crippen molar-refractivity contribution in [1.82, 2.24) is 15.0 Å². The first kappa shape index (κ1) is 17.8. The van der Waals surface area contributed by atoms with Crippen molar-refractivity contribution in [3.8, 4) is 21.1 Å². The molecule has 0 saturated heterocycles. The van der Waals surface area contributed by atoms with Gasteiger partial charge < -0.3 is 0 Å². The maximum atomic E-state index is 12.5. The minimum Gasteiger partial charge on any atom is -0.296 e. The van der Waals surface area contributed by atoms with E-state index in [9.17, 15) is 4.79 Å². The fraction of sp³-hybridized carbons (Fsp3) is 0.0526. The summed E-state index contributed by atoms with van der Waals surface area (Å²) in [6, 6.07) is 13.1. The lowest BCUT2D eigenvalue weighted by atomic mass is 10.2. The summed E-state index contributed by atoms with van der Waals surface area (Å²) in [6.07, 6.45) is 1.74. The fourth-order valence-electron chi connectivity index (χ4n) is 2.45. The third-order valence-electron chi connectivity index (χ3n) is 3.74. The molecule has 5 nitrogen and oxygen atoms in total. The van der Waals surface area contributed by atoms with Gasteiger partial charge in [0.05, 0.1) is 16.3 Å². The molecule has 8 heteroatoms. The smallest absolute Gasteiger partial charge is 0.276 e. The van der Waals surface area contributed by atoms with Gasteiger partial charge in [-0.05, 0) is 31.2 Å². The molecule has 1 amide bonds. The van der Waals surface area contributed by atoms with Crippen LogP contribution < -0.4 is 5.32 Å². The van der Waals surface area contributed by atoms with Crippen molar-refractivity contribution in [2.45, 2.75) is 6.92 Å². The van der Waals surface area contributed by atoms with Crippen LogP contribution in [0.3, 0.4) is 0 Å². The summed E-state index contributed by atoms with van der Waals surface area (Å²) < 4.78 is 0. The molecule has 0 aliphatic carbocycles. The Morgan fingerprint density at radius 2 is 1.93 bits per heavy atom. The molecule has 0 aliphatic heterocycles. The molecule has 0 spiro atoms. The molecule has 4 rings (SSSR count). The Bertz CT molecular complexity index is 1090. The Kier molecular flexibility index (Phi) is 4.98. The number of hydrogen-bond donors (Lipinski definition) is 1. The number of anilines is 1. The molecule has 3 heterocycles. The van der Waals surface area contributed by atoms with Crippen LogP contribution in [0.1, 0.15) is 16.2 Å². The van der Waals surface area contributed by atoms with E-state index in [1.165, 1.54) is 22.7 Å². The number of nitrogens with zero attached hydrogens (tertiary/aromatic N) is 3. The minimum atomic E-state index is -0.284. The van der Waals surface area contributed by atoms with Gasteiger partial charge in [-0.15, -0.1) is 11.3 Å². The number of aryl methyl sites for hydroxylation is 1. The lowest BCUT2D eigenvalue weighted by molar-refractivity contribution is 0.102. The van der Waals surface area contributed by atoms with Gasteiger partial charge in [-0.2, -0.15) is 0 Å². The average Bonchev–Trinajstić information content (AvgIpc) is 3.30. The third kappa shape index (κ3) is 3.90. The second-order valence-electron chi connectivity index (χ2n) is 5.65. The zero-order valence-corrected chi connectivity index (χ0v) is 16.5. The quantitative estimate of drug-likeness (QED) is 0.477. The number of carbonyl (C=O) groups is 1. The van der Waals surface area contributed by atoms with Gasteiger partial charge in [0.25, 0.3) is 5.91 Å². The number of hydrogen-bond acceptors (Lipinski definition) is 6. The topological polar surface area (TPSA) is 67.8 Å². The van der Waals surface area contributed by atoms with Crippen molar-refractivity contribution in [2.75, 3.05) is 5.32 Å². The van der Waals surface area contributed by atoms with Gasteiger partial charge in [0.1, 0.15) is 10.7 Å². The van der Waals surface area contributed by atoms with E-state index < -0.39 is 0 Å². The summed E-state index contributed by atoms with van der Waals surface area (Å²) in [5.41, 5.74) is 2.95. The first-order valence-electron chi connectivity index (χ1n) is 8.02. The molecule has 0 atom stereocenters. The average molecular weight is 413 g/mol. The molecule has 0 fully saturated rings. The minimum absolute atomic E-state index is 0.284. The molecule has 1 N–H and O–H groups in total. The number of pyridine rings is 1. The van der Waals surface area contributed by atoms with Crippen molar-refractivity contribution in [1.29, 1.82) is 0 Å². The molecular weight excluding hydrogens is 400 g/mol. The van der Waals surface area contributed by atoms with Gasteiger partial charge in [-0.1, -0.05) is 41.1 Å². The summed E-state index contributed by atoms with van der Waals surface area (Å²) >= 11 is 8.72. The second-order valence-corrected chi connectivity index (χ2v) is 7.94. The third-order valence-corrected chi connectivity index (χ3v) is 5.98. The zero-order valence-electron chi connectivity index (χ0n) is 14.1. The Balaban J connectivity index is 1.52. The van der Waals surface area contributed by atoms with Crippen molar-refractivity contribution in [2.24, 2.45) is 0 Å². The van der Waals surface area contributed by atoms with Crippen LogP contribution in [0.4, 0.5) is 5.13 Å². The summed E-state index contributed by atoms with van der Waals surface area (Å²) in [4.78, 5) is 26.7. The predicted molar refractivity (Wildman–Crippen MR) is 111 cm³/mol. The van der Waals surface area contributed by atoms with Gasteiger partial charge >= 0.3 is 0 Å². The standard InChI is InChI=1S/C19H13ClN4OS2/c1-11-16(14-4-2-3-9-21-14)27-19(22-11)24-17(25)15-10-26-18(23-15)12-5-7-13(20)8-6-12/h2-10H,1H3,(H,22,24,25). The van der Waals surface area contributed by atoms with Crippen LogP contribution >= 0.6 is 34.3 Å². The maximum Gasteiger partial charge on any atom is 0.276 e. The summed E-state index contributed by atoms with van der Waals surface area (Å²) in [5.74, 6) is -0.284. The number of carbonyl (C=O) groups excluding carboxylic acids is 1. The highest BCUT2D eigenvalue weighted by atomic mass is 35.5. The first-order valence-corrected chi connectivity index (χ1v) is 10.1. The van der Waals surface area contributed by atoms with Crippen LogP contribution in [0, 0.1) is 6.92 Å². The molecule has 134 valence electrons. The van der Waals surface area contributed by atoms with E-state index in [0.717, 1.165) is 26.8 Å². The second kappa shape index (κ2) is 7.56. The van der Waals surface area contributed by atoms with E-state index in [1.54, 1.807) is 23.7 Å². The lowest BCUT2D eigenvalue weighted by Gasteiger charge is -1.98. The molecule has 0 unspecified atom stereocenters. The molecule has 1 aromatic carbocycles. The van der Waals surface area contributed by atoms with Gasteiger partial charge in [0.2, 0.25) is 0 Å². The highest BCUT2D eigenvalue weighted by Gasteiger charge is 2.16. The largest absolute Gasteiger partial charge is 0.296 e. The van der Waals surface area contributed by atoms with Gasteiger partial charge in [-0.25, -0.2) is 9.97 Å². The lowest BCUT2D eigenvalue weighted by Crippen LogP contribution is -2.12. The highest BCUT2D eigenvalue weighted by molar-refractivity contribution is 7.19. The summed E-state index contributed by atoms with van der Waals surface area (Å²) in [7, 11) is 0. The monoisotopic (exact) mass is 412 g/mol. The molecule has 3 aromatic heterocycles. The summed E-state index contributed by atoms with van der Waals surface area (Å²) in [5, 5.41) is 6.52. The Hall–Kier alpha value is -2.61. The van der Waals surface area contributed by atoms with Crippen molar-refractivity contribution in [3.63, 3.8) is 0 Å². The van der Waals surface area contributed by atoms with Gasteiger partial charge in [-0.3, -0.25) is 15.1 Å². The number of halogens is 1. The van der Waals surface area contributed by atoms with Gasteiger partial charge in [0, 0.05) is 22.2 Å². The number of amides is 1. The van der Waals surface area contributed by atoms with Crippen LogP contribution in [-0.4, -0.2) is 20.9 Å². The number of thiazole rings is 2. The molecule has 0 aliphatic rings. The predicted octanol–water partition coefficient (Wildman–Crippen LogP) is 5.54. The van der Waals surface area contributed by atoms with E-state index >= 15 is 0 Å². The van der Waals surface area contributed by atoms with E-state index in [-0.39, 0.29) is 5.91 Å². The molecule has 27 heavy (non-hydrogen) atoms. The van der Waals surface area contributed by atoms with Crippen LogP contribution in [-0.2, 0) is 0 Å². The fourth-order valence-corrected chi connectivity index (χ4v) is 4.32. The van der Waals surface area contributed by atoms with Crippen molar-refractivity contribution >= 4 is 45.3 Å². The van der Waals surface area contributed by atoms with E-state index in [4.69, 9.17) is 11.6 Å². The van der Waals surface area contributed by atoms with E-state index in [2.05, 4.69) is 20.3 Å². The Morgan fingerprint density at radius 3 is 2.67 bits per heavy atom. The Morgan fingerprint density at radius 1 is 1.11 bits per heavy atom. The highest BCUT2D eigenvalue weighted by Crippen LogP contribution is 2.32. The maximum absolute atomic E-state index is 12.5. The van der Waals surface area contributed by atoms with Crippen LogP contribution in [0.2, 0.25) is 5.02 Å². The van der Waals surface area contributed by atoms with Crippen LogP contribution in [0.5, 0.6) is 0 Å². The first-order chi connectivity index (χ1) is 13.1.